The van der Waals surface area contributed by atoms with Gasteiger partial charge in [-0.15, -0.1) is 0 Å². The second-order valence-corrected chi connectivity index (χ2v) is 4.00. The maximum Gasteiger partial charge on any atom is 0.327 e. The van der Waals surface area contributed by atoms with Gasteiger partial charge < -0.3 is 10.4 Å². The zero-order valence-corrected chi connectivity index (χ0v) is 9.27. The van der Waals surface area contributed by atoms with E-state index >= 15 is 0 Å². The lowest BCUT2D eigenvalue weighted by Crippen LogP contribution is -2.03. The molecule has 2 rings (SSSR count). The molecule has 1 aliphatic heterocycles. The van der Waals surface area contributed by atoms with E-state index in [1.54, 1.807) is 6.08 Å². The number of carbonyl (C=O) groups is 2. The van der Waals surface area contributed by atoms with Crippen LogP contribution in [0.1, 0.15) is 17.5 Å². The number of rotatable bonds is 4. The SMILES string of the molecule is O=C(O)/C=C/CCc1ccc2c(c1)CC(=O)N2. The topological polar surface area (TPSA) is 66.4 Å². The minimum Gasteiger partial charge on any atom is -0.478 e. The van der Waals surface area contributed by atoms with Gasteiger partial charge in [0.1, 0.15) is 0 Å². The first-order valence-corrected chi connectivity index (χ1v) is 5.46. The molecule has 1 heterocycles. The van der Waals surface area contributed by atoms with Gasteiger partial charge in [-0.3, -0.25) is 4.79 Å². The van der Waals surface area contributed by atoms with Crippen LogP contribution in [-0.2, 0) is 22.4 Å². The third-order valence-electron chi connectivity index (χ3n) is 2.65. The second-order valence-electron chi connectivity index (χ2n) is 4.00. The molecule has 0 unspecified atom stereocenters. The first-order chi connectivity index (χ1) is 8.15. The molecule has 0 spiro atoms. The van der Waals surface area contributed by atoms with Crippen LogP contribution in [0.25, 0.3) is 0 Å². The van der Waals surface area contributed by atoms with E-state index in [0.29, 0.717) is 12.8 Å². The monoisotopic (exact) mass is 231 g/mol. The lowest BCUT2D eigenvalue weighted by molar-refractivity contribution is -0.131. The van der Waals surface area contributed by atoms with Crippen molar-refractivity contribution in [3.63, 3.8) is 0 Å². The molecule has 0 bridgehead atoms. The number of hydrogen-bond donors (Lipinski definition) is 2. The number of carbonyl (C=O) groups excluding carboxylic acids is 1. The van der Waals surface area contributed by atoms with Crippen molar-refractivity contribution in [3.05, 3.63) is 41.5 Å². The maximum absolute atomic E-state index is 11.2. The highest BCUT2D eigenvalue weighted by molar-refractivity contribution is 5.99. The fourth-order valence-corrected chi connectivity index (χ4v) is 1.87. The van der Waals surface area contributed by atoms with Gasteiger partial charge in [-0.05, 0) is 30.0 Å². The van der Waals surface area contributed by atoms with Crippen LogP contribution in [0.4, 0.5) is 5.69 Å². The fraction of sp³-hybridized carbons (Fsp3) is 0.231. The van der Waals surface area contributed by atoms with E-state index in [1.807, 2.05) is 18.2 Å². The molecule has 88 valence electrons. The van der Waals surface area contributed by atoms with E-state index in [2.05, 4.69) is 5.32 Å². The van der Waals surface area contributed by atoms with E-state index in [9.17, 15) is 9.59 Å². The number of fused-ring (bicyclic) bond motifs is 1. The molecule has 0 atom stereocenters. The van der Waals surface area contributed by atoms with E-state index in [0.717, 1.165) is 29.3 Å². The summed E-state index contributed by atoms with van der Waals surface area (Å²) >= 11 is 0. The molecule has 1 aromatic carbocycles. The van der Waals surface area contributed by atoms with E-state index in [1.165, 1.54) is 0 Å². The van der Waals surface area contributed by atoms with Crippen molar-refractivity contribution in [3.8, 4) is 0 Å². The molecule has 0 aliphatic carbocycles. The summed E-state index contributed by atoms with van der Waals surface area (Å²) in [5.41, 5.74) is 3.03. The molecule has 0 fully saturated rings. The van der Waals surface area contributed by atoms with E-state index in [4.69, 9.17) is 5.11 Å². The van der Waals surface area contributed by atoms with Crippen molar-refractivity contribution in [1.82, 2.24) is 0 Å². The molecule has 0 aromatic heterocycles. The summed E-state index contributed by atoms with van der Waals surface area (Å²) < 4.78 is 0. The van der Waals surface area contributed by atoms with Gasteiger partial charge in [-0.1, -0.05) is 18.2 Å². The predicted octanol–water partition coefficient (Wildman–Crippen LogP) is 1.75. The van der Waals surface area contributed by atoms with Crippen LogP contribution in [0.3, 0.4) is 0 Å². The molecule has 17 heavy (non-hydrogen) atoms. The molecule has 4 nitrogen and oxygen atoms in total. The average Bonchev–Trinajstić information content (AvgIpc) is 2.63. The van der Waals surface area contributed by atoms with E-state index in [-0.39, 0.29) is 5.91 Å². The average molecular weight is 231 g/mol. The van der Waals surface area contributed by atoms with Gasteiger partial charge in [0.25, 0.3) is 0 Å². The Morgan fingerprint density at radius 1 is 1.47 bits per heavy atom. The molecule has 1 aliphatic rings. The van der Waals surface area contributed by atoms with Crippen LogP contribution in [0.5, 0.6) is 0 Å². The van der Waals surface area contributed by atoms with Crippen molar-refractivity contribution in [2.24, 2.45) is 0 Å². The van der Waals surface area contributed by atoms with Crippen LogP contribution >= 0.6 is 0 Å². The molecule has 4 heteroatoms. The number of aryl methyl sites for hydroxylation is 1. The Balaban J connectivity index is 1.97. The third-order valence-corrected chi connectivity index (χ3v) is 2.65. The molecule has 2 N–H and O–H groups in total. The lowest BCUT2D eigenvalue weighted by atomic mass is 10.0. The van der Waals surface area contributed by atoms with Crippen LogP contribution in [0.2, 0.25) is 0 Å². The van der Waals surface area contributed by atoms with E-state index < -0.39 is 5.97 Å². The first kappa shape index (κ1) is 11.4. The van der Waals surface area contributed by atoms with Gasteiger partial charge in [-0.25, -0.2) is 4.79 Å². The number of carboxylic acids is 1. The number of amides is 1. The summed E-state index contributed by atoms with van der Waals surface area (Å²) in [6.45, 7) is 0. The number of benzene rings is 1. The fourth-order valence-electron chi connectivity index (χ4n) is 1.87. The molecular weight excluding hydrogens is 218 g/mol. The first-order valence-electron chi connectivity index (χ1n) is 5.46. The normalized spacial score (nSPS) is 13.8. The molecule has 0 saturated carbocycles. The molecule has 1 aromatic rings. The Kier molecular flexibility index (Phi) is 3.23. The summed E-state index contributed by atoms with van der Waals surface area (Å²) in [6.07, 6.45) is 4.70. The predicted molar refractivity (Wildman–Crippen MR) is 63.9 cm³/mol. The highest BCUT2D eigenvalue weighted by atomic mass is 16.4. The Labute approximate surface area is 99.0 Å². The quantitative estimate of drug-likeness (QED) is 0.776. The van der Waals surface area contributed by atoms with Crippen LogP contribution < -0.4 is 5.32 Å². The van der Waals surface area contributed by atoms with Crippen molar-refractivity contribution in [2.45, 2.75) is 19.3 Å². The van der Waals surface area contributed by atoms with Crippen molar-refractivity contribution in [1.29, 1.82) is 0 Å². The highest BCUT2D eigenvalue weighted by Gasteiger charge is 2.16. The third kappa shape index (κ3) is 2.93. The Morgan fingerprint density at radius 3 is 3.06 bits per heavy atom. The van der Waals surface area contributed by atoms with Gasteiger partial charge in [0.05, 0.1) is 6.42 Å². The van der Waals surface area contributed by atoms with Gasteiger partial charge in [-0.2, -0.15) is 0 Å². The van der Waals surface area contributed by atoms with Crippen molar-refractivity contribution < 1.29 is 14.7 Å². The van der Waals surface area contributed by atoms with Crippen LogP contribution in [-0.4, -0.2) is 17.0 Å². The standard InChI is InChI=1S/C13H13NO3/c15-12-8-10-7-9(5-6-11(10)14-12)3-1-2-4-13(16)17/h2,4-7H,1,3,8H2,(H,14,15)(H,16,17)/b4-2+. The van der Waals surface area contributed by atoms with Gasteiger partial charge in [0.15, 0.2) is 0 Å². The van der Waals surface area contributed by atoms with Gasteiger partial charge in [0, 0.05) is 11.8 Å². The number of nitrogens with one attached hydrogen (secondary N) is 1. The number of anilines is 1. The van der Waals surface area contributed by atoms with Gasteiger partial charge in [0.2, 0.25) is 5.91 Å². The minimum absolute atomic E-state index is 0.0305. The van der Waals surface area contributed by atoms with Crippen LogP contribution in [0, 0.1) is 0 Å². The molecule has 0 saturated heterocycles. The maximum atomic E-state index is 11.2. The number of carboxylic acid groups (broad SMARTS) is 1. The minimum atomic E-state index is -0.922. The number of hydrogen-bond acceptors (Lipinski definition) is 2. The zero-order valence-electron chi connectivity index (χ0n) is 9.27. The van der Waals surface area contributed by atoms with Crippen LogP contribution in [0.15, 0.2) is 30.4 Å². The summed E-state index contributed by atoms with van der Waals surface area (Å²) in [7, 11) is 0. The Hall–Kier alpha value is -2.10. The molecule has 1 amide bonds. The summed E-state index contributed by atoms with van der Waals surface area (Å²) in [5.74, 6) is -0.892. The van der Waals surface area contributed by atoms with Gasteiger partial charge >= 0.3 is 5.97 Å². The summed E-state index contributed by atoms with van der Waals surface area (Å²) in [5, 5.41) is 11.2. The van der Waals surface area contributed by atoms with Crippen molar-refractivity contribution in [2.75, 3.05) is 5.32 Å². The second kappa shape index (κ2) is 4.82. The molecule has 0 radical (unpaired) electrons. The Morgan fingerprint density at radius 2 is 2.29 bits per heavy atom. The Bertz CT molecular complexity index is 491. The zero-order chi connectivity index (χ0) is 12.3. The summed E-state index contributed by atoms with van der Waals surface area (Å²) in [6, 6.07) is 5.86. The highest BCUT2D eigenvalue weighted by Crippen LogP contribution is 2.24. The summed E-state index contributed by atoms with van der Waals surface area (Å²) in [4.78, 5) is 21.4. The van der Waals surface area contributed by atoms with Crippen molar-refractivity contribution >= 4 is 17.6 Å². The lowest BCUT2D eigenvalue weighted by Gasteiger charge is -2.02. The number of allylic oxidation sites excluding steroid dienone is 1. The number of aliphatic carboxylic acids is 1. The largest absolute Gasteiger partial charge is 0.478 e. The molecular formula is C13H13NO3. The smallest absolute Gasteiger partial charge is 0.327 e.